The number of nitrogens with zero attached hydrogens (tertiary/aromatic N) is 7. The van der Waals surface area contributed by atoms with Gasteiger partial charge < -0.3 is 19.7 Å². The summed E-state index contributed by atoms with van der Waals surface area (Å²) < 4.78 is 5.92. The van der Waals surface area contributed by atoms with Gasteiger partial charge in [0.25, 0.3) is 5.56 Å². The lowest BCUT2D eigenvalue weighted by molar-refractivity contribution is -0.116. The van der Waals surface area contributed by atoms with E-state index in [4.69, 9.17) is 4.98 Å². The Bertz CT molecular complexity index is 1910. The van der Waals surface area contributed by atoms with Crippen molar-refractivity contribution in [1.82, 2.24) is 28.8 Å². The minimum absolute atomic E-state index is 0.0135. The minimum Gasteiger partial charge on any atom is -0.344 e. The average Bonchev–Trinajstić information content (AvgIpc) is 3.54. The van der Waals surface area contributed by atoms with Crippen molar-refractivity contribution in [3.05, 3.63) is 83.4 Å². The number of allylic oxidation sites excluding steroid dienone is 2. The molecule has 3 aromatic heterocycles. The Morgan fingerprint density at radius 1 is 1.00 bits per heavy atom. The molecule has 5 aromatic rings. The topological polar surface area (TPSA) is 93.2 Å². The summed E-state index contributed by atoms with van der Waals surface area (Å²) in [4.78, 5) is 39.6. The van der Waals surface area contributed by atoms with Crippen LogP contribution in [0.25, 0.3) is 27.6 Å². The molecule has 0 aliphatic carbocycles. The second-order valence-electron chi connectivity index (χ2n) is 11.6. The van der Waals surface area contributed by atoms with Crippen LogP contribution in [0.5, 0.6) is 0 Å². The maximum Gasteiger partial charge on any atom is 0.278 e. The number of anilines is 3. The van der Waals surface area contributed by atoms with Gasteiger partial charge >= 0.3 is 0 Å². The number of aromatic nitrogens is 5. The Hall–Kier alpha value is -4.70. The maximum atomic E-state index is 13.6. The van der Waals surface area contributed by atoms with Crippen molar-refractivity contribution in [3.8, 4) is 5.69 Å². The Balaban J connectivity index is 1.26. The lowest BCUT2D eigenvalue weighted by Gasteiger charge is -2.30. The van der Waals surface area contributed by atoms with E-state index in [0.29, 0.717) is 36.1 Å². The molecule has 0 saturated carbocycles. The van der Waals surface area contributed by atoms with Crippen molar-refractivity contribution in [2.45, 2.75) is 45.2 Å². The number of nitrogens with one attached hydrogen (secondary N) is 1. The van der Waals surface area contributed by atoms with E-state index in [1.54, 1.807) is 22.7 Å². The number of fused-ring (bicyclic) bond motifs is 7. The molecule has 10 heteroatoms. The van der Waals surface area contributed by atoms with Gasteiger partial charge in [-0.25, -0.2) is 14.3 Å². The smallest absolute Gasteiger partial charge is 0.278 e. The molecule has 43 heavy (non-hydrogen) atoms. The van der Waals surface area contributed by atoms with Crippen molar-refractivity contribution in [3.63, 3.8) is 0 Å². The molecule has 7 rings (SSSR count). The van der Waals surface area contributed by atoms with Gasteiger partial charge in [-0.1, -0.05) is 18.2 Å². The molecule has 2 aliphatic rings. The first kappa shape index (κ1) is 27.2. The van der Waals surface area contributed by atoms with Crippen LogP contribution in [0, 0.1) is 0 Å². The fourth-order valence-corrected chi connectivity index (χ4v) is 6.40. The van der Waals surface area contributed by atoms with Gasteiger partial charge in [-0.3, -0.25) is 9.59 Å². The van der Waals surface area contributed by atoms with Crippen molar-refractivity contribution in [2.24, 2.45) is 0 Å². The second kappa shape index (κ2) is 11.2. The van der Waals surface area contributed by atoms with Crippen molar-refractivity contribution in [1.29, 1.82) is 0 Å². The van der Waals surface area contributed by atoms with Gasteiger partial charge in [0.2, 0.25) is 11.9 Å². The molecule has 2 aliphatic heterocycles. The van der Waals surface area contributed by atoms with E-state index in [2.05, 4.69) is 63.4 Å². The number of carbonyl (C=O) groups excluding carboxylic acids is 1. The van der Waals surface area contributed by atoms with Crippen molar-refractivity contribution >= 4 is 45.2 Å². The maximum absolute atomic E-state index is 13.6. The molecule has 2 aromatic carbocycles. The number of carbonyl (C=O) groups is 1. The highest BCUT2D eigenvalue weighted by atomic mass is 16.2. The zero-order chi connectivity index (χ0) is 29.5. The van der Waals surface area contributed by atoms with E-state index >= 15 is 0 Å². The predicted octanol–water partition coefficient (Wildman–Crippen LogP) is 5.25. The third-order valence-electron chi connectivity index (χ3n) is 8.70. The largest absolute Gasteiger partial charge is 0.344 e. The molecule has 1 fully saturated rings. The molecule has 5 heterocycles. The normalized spacial score (nSPS) is 17.4. The molecule has 1 N–H and O–H groups in total. The molecule has 0 atom stereocenters. The van der Waals surface area contributed by atoms with Crippen LogP contribution < -0.4 is 15.8 Å². The van der Waals surface area contributed by atoms with Gasteiger partial charge in [0.15, 0.2) is 5.65 Å². The van der Waals surface area contributed by atoms with E-state index in [0.717, 1.165) is 61.2 Å². The number of amides is 1. The Morgan fingerprint density at radius 2 is 1.84 bits per heavy atom. The summed E-state index contributed by atoms with van der Waals surface area (Å²) >= 11 is 0. The summed E-state index contributed by atoms with van der Waals surface area (Å²) in [5.74, 6) is 0.395. The fraction of sp³-hybridized carbons (Fsp3) is 0.333. The summed E-state index contributed by atoms with van der Waals surface area (Å²) in [5, 5.41) is 4.97. The lowest BCUT2D eigenvalue weighted by atomic mass is 10.1. The molecule has 2 bridgehead atoms. The molecule has 0 unspecified atom stereocenters. The van der Waals surface area contributed by atoms with E-state index in [9.17, 15) is 9.59 Å². The van der Waals surface area contributed by atoms with E-state index < -0.39 is 0 Å². The van der Waals surface area contributed by atoms with E-state index in [1.807, 2.05) is 35.0 Å². The van der Waals surface area contributed by atoms with Crippen molar-refractivity contribution < 1.29 is 4.79 Å². The third kappa shape index (κ3) is 5.12. The first-order valence-electron chi connectivity index (χ1n) is 15.0. The van der Waals surface area contributed by atoms with Crippen LogP contribution in [0.15, 0.2) is 77.9 Å². The number of hydrogen-bond donors (Lipinski definition) is 1. The predicted molar refractivity (Wildman–Crippen MR) is 171 cm³/mol. The number of hydrogen-bond acceptors (Lipinski definition) is 6. The van der Waals surface area contributed by atoms with Crippen LogP contribution in [0.2, 0.25) is 0 Å². The second-order valence-corrected chi connectivity index (χ2v) is 11.6. The van der Waals surface area contributed by atoms with Crippen LogP contribution in [-0.2, 0) is 11.3 Å². The number of likely N-dealkylation sites (tertiary alicyclic amines) is 1. The van der Waals surface area contributed by atoms with Crippen LogP contribution >= 0.6 is 0 Å². The fourth-order valence-electron chi connectivity index (χ4n) is 6.40. The SMILES string of the molecule is CC(=O)N1CCC/C=C\Cn2c(=O)c3cnc(Nc4ccc5c(ccn5C5CCN(C)CC5)c4)nc3n2-c2cccc1c2. The molecule has 1 saturated heterocycles. The molecule has 220 valence electrons. The Morgan fingerprint density at radius 3 is 2.67 bits per heavy atom. The molecular weight excluding hydrogens is 540 g/mol. The first-order valence-corrected chi connectivity index (χ1v) is 15.0. The van der Waals surface area contributed by atoms with Crippen LogP contribution in [-0.4, -0.2) is 61.4 Å². The van der Waals surface area contributed by atoms with Crippen molar-refractivity contribution in [2.75, 3.05) is 36.9 Å². The number of benzene rings is 2. The van der Waals surface area contributed by atoms with Crippen LogP contribution in [0.1, 0.15) is 38.6 Å². The average molecular weight is 577 g/mol. The van der Waals surface area contributed by atoms with Gasteiger partial charge in [0.1, 0.15) is 5.39 Å². The van der Waals surface area contributed by atoms with Gasteiger partial charge in [-0.15, -0.1) is 0 Å². The summed E-state index contributed by atoms with van der Waals surface area (Å²) in [6.45, 7) is 4.85. The summed E-state index contributed by atoms with van der Waals surface area (Å²) in [5.41, 5.74) is 4.01. The first-order chi connectivity index (χ1) is 21.0. The highest BCUT2D eigenvalue weighted by molar-refractivity contribution is 5.92. The number of piperidine rings is 1. The van der Waals surface area contributed by atoms with E-state index in [1.165, 1.54) is 5.52 Å². The lowest BCUT2D eigenvalue weighted by Crippen LogP contribution is -2.31. The van der Waals surface area contributed by atoms with Crippen LogP contribution in [0.4, 0.5) is 17.3 Å². The quantitative estimate of drug-likeness (QED) is 0.295. The Labute approximate surface area is 249 Å². The standard InChI is InChI=1S/C33H36N8O2/c1-23(42)38-15-5-3-4-6-16-40-32(43)29-22-34-33(36-31(29)41(40)28-9-7-8-27(38)21-28)35-25-10-11-30-24(20-25)12-19-39(30)26-13-17-37(2)18-14-26/h4,6-12,19-22,26H,3,5,13-18H2,1-2H3,(H,34,35,36)/b6-4-. The molecule has 0 radical (unpaired) electrons. The zero-order valence-corrected chi connectivity index (χ0v) is 24.6. The van der Waals surface area contributed by atoms with Gasteiger partial charge in [0.05, 0.1) is 12.2 Å². The highest BCUT2D eigenvalue weighted by Gasteiger charge is 2.21. The van der Waals surface area contributed by atoms with E-state index in [-0.39, 0.29) is 11.5 Å². The van der Waals surface area contributed by atoms with Gasteiger partial charge in [-0.05, 0) is 88.3 Å². The van der Waals surface area contributed by atoms with Gasteiger partial charge in [-0.2, -0.15) is 4.98 Å². The summed E-state index contributed by atoms with van der Waals surface area (Å²) in [6.07, 6.45) is 11.8. The Kier molecular flexibility index (Phi) is 7.06. The third-order valence-corrected chi connectivity index (χ3v) is 8.70. The molecule has 1 amide bonds. The van der Waals surface area contributed by atoms with Gasteiger partial charge in [0, 0.05) is 54.2 Å². The summed E-state index contributed by atoms with van der Waals surface area (Å²) in [6, 6.07) is 16.7. The number of rotatable bonds is 3. The van der Waals surface area contributed by atoms with Crippen LogP contribution in [0.3, 0.4) is 0 Å². The summed E-state index contributed by atoms with van der Waals surface area (Å²) in [7, 11) is 2.19. The molecule has 0 spiro atoms. The zero-order valence-electron chi connectivity index (χ0n) is 24.6. The highest BCUT2D eigenvalue weighted by Crippen LogP contribution is 2.30. The monoisotopic (exact) mass is 576 g/mol. The molecule has 10 nitrogen and oxygen atoms in total. The minimum atomic E-state index is -0.159. The molecular formula is C33H36N8O2.